The van der Waals surface area contributed by atoms with E-state index >= 15 is 0 Å². The Morgan fingerprint density at radius 3 is 2.32 bits per heavy atom. The van der Waals surface area contributed by atoms with Gasteiger partial charge in [0.25, 0.3) is 0 Å². The molecule has 0 amide bonds. The molecule has 92 valence electrons. The second kappa shape index (κ2) is 5.75. The van der Waals surface area contributed by atoms with Crippen molar-refractivity contribution < 1.29 is 0 Å². The number of nitriles is 2. The van der Waals surface area contributed by atoms with E-state index in [9.17, 15) is 0 Å². The van der Waals surface area contributed by atoms with Gasteiger partial charge in [-0.3, -0.25) is 0 Å². The Balaban J connectivity index is 2.37. The Kier molecular flexibility index (Phi) is 3.85. The van der Waals surface area contributed by atoms with Gasteiger partial charge >= 0.3 is 0 Å². The SMILES string of the molecule is CCCc1ccc(-c2cnc(C#N)c(C#N)n2)cc1. The van der Waals surface area contributed by atoms with E-state index in [1.54, 1.807) is 0 Å². The van der Waals surface area contributed by atoms with E-state index in [1.807, 2.05) is 36.4 Å². The first-order valence-electron chi connectivity index (χ1n) is 6.05. The maximum absolute atomic E-state index is 8.93. The van der Waals surface area contributed by atoms with Gasteiger partial charge in [-0.15, -0.1) is 0 Å². The van der Waals surface area contributed by atoms with Gasteiger partial charge in [0.1, 0.15) is 12.1 Å². The maximum atomic E-state index is 8.93. The van der Waals surface area contributed by atoms with Gasteiger partial charge in [0.15, 0.2) is 11.4 Å². The molecule has 4 heteroatoms. The van der Waals surface area contributed by atoms with Crippen molar-refractivity contribution in [3.63, 3.8) is 0 Å². The average molecular weight is 248 g/mol. The first kappa shape index (κ1) is 12.7. The summed E-state index contributed by atoms with van der Waals surface area (Å²) in [4.78, 5) is 8.12. The van der Waals surface area contributed by atoms with Crippen molar-refractivity contribution in [1.82, 2.24) is 9.97 Å². The van der Waals surface area contributed by atoms with Gasteiger partial charge in [0.05, 0.1) is 11.9 Å². The summed E-state index contributed by atoms with van der Waals surface area (Å²) in [5.41, 5.74) is 2.91. The number of rotatable bonds is 3. The van der Waals surface area contributed by atoms with E-state index in [2.05, 4.69) is 16.9 Å². The molecule has 0 N–H and O–H groups in total. The number of benzene rings is 1. The molecule has 0 unspecified atom stereocenters. The van der Waals surface area contributed by atoms with Crippen molar-refractivity contribution in [3.05, 3.63) is 47.4 Å². The van der Waals surface area contributed by atoms with E-state index in [1.165, 1.54) is 11.8 Å². The molecule has 0 spiro atoms. The summed E-state index contributed by atoms with van der Waals surface area (Å²) in [6.45, 7) is 2.14. The number of nitrogens with zero attached hydrogens (tertiary/aromatic N) is 4. The van der Waals surface area contributed by atoms with Gasteiger partial charge in [-0.1, -0.05) is 37.6 Å². The van der Waals surface area contributed by atoms with Gasteiger partial charge in [0.2, 0.25) is 0 Å². The summed E-state index contributed by atoms with van der Waals surface area (Å²) in [5, 5.41) is 17.7. The fraction of sp³-hybridized carbons (Fsp3) is 0.200. The van der Waals surface area contributed by atoms with Crippen LogP contribution in [0.4, 0.5) is 0 Å². The zero-order valence-electron chi connectivity index (χ0n) is 10.6. The predicted molar refractivity (Wildman–Crippen MR) is 70.9 cm³/mol. The van der Waals surface area contributed by atoms with Crippen LogP contribution in [0.15, 0.2) is 30.5 Å². The molecular formula is C15H12N4. The van der Waals surface area contributed by atoms with Crippen LogP contribution < -0.4 is 0 Å². The van der Waals surface area contributed by atoms with Gasteiger partial charge in [-0.25, -0.2) is 9.97 Å². The van der Waals surface area contributed by atoms with Crippen LogP contribution in [0.5, 0.6) is 0 Å². The maximum Gasteiger partial charge on any atom is 0.177 e. The Bertz CT molecular complexity index is 660. The Labute approximate surface area is 112 Å². The van der Waals surface area contributed by atoms with Gasteiger partial charge in [0, 0.05) is 5.56 Å². The molecule has 19 heavy (non-hydrogen) atoms. The first-order valence-corrected chi connectivity index (χ1v) is 6.05. The van der Waals surface area contributed by atoms with Crippen LogP contribution in [0.2, 0.25) is 0 Å². The Hall–Kier alpha value is -2.72. The molecule has 0 radical (unpaired) electrons. The van der Waals surface area contributed by atoms with Crippen LogP contribution in [0, 0.1) is 22.7 Å². The Morgan fingerprint density at radius 2 is 1.74 bits per heavy atom. The van der Waals surface area contributed by atoms with Crippen LogP contribution in [0.3, 0.4) is 0 Å². The number of aryl methyl sites for hydroxylation is 1. The molecule has 2 aromatic rings. The lowest BCUT2D eigenvalue weighted by Gasteiger charge is -2.03. The molecule has 1 aromatic heterocycles. The third-order valence-electron chi connectivity index (χ3n) is 2.77. The smallest absolute Gasteiger partial charge is 0.177 e. The van der Waals surface area contributed by atoms with E-state index in [0.717, 1.165) is 18.4 Å². The molecular weight excluding hydrogens is 236 g/mol. The van der Waals surface area contributed by atoms with Gasteiger partial charge in [-0.05, 0) is 12.0 Å². The van der Waals surface area contributed by atoms with Crippen LogP contribution in [-0.2, 0) is 6.42 Å². The minimum atomic E-state index is 0.0638. The first-order chi connectivity index (χ1) is 9.28. The second-order valence-corrected chi connectivity index (χ2v) is 4.12. The van der Waals surface area contributed by atoms with Crippen LogP contribution in [-0.4, -0.2) is 9.97 Å². The molecule has 0 saturated carbocycles. The third-order valence-corrected chi connectivity index (χ3v) is 2.77. The predicted octanol–water partition coefficient (Wildman–Crippen LogP) is 2.84. The fourth-order valence-electron chi connectivity index (χ4n) is 1.82. The summed E-state index contributed by atoms with van der Waals surface area (Å²) >= 11 is 0. The minimum Gasteiger partial charge on any atom is -0.240 e. The molecule has 2 rings (SSSR count). The van der Waals surface area contributed by atoms with Crippen molar-refractivity contribution in [3.8, 4) is 23.4 Å². The standard InChI is InChI=1S/C15H12N4/c1-2-3-11-4-6-12(7-5-11)15-10-18-13(8-16)14(9-17)19-15/h4-7,10H,2-3H2,1H3. The molecule has 0 bridgehead atoms. The van der Waals surface area contributed by atoms with E-state index in [4.69, 9.17) is 10.5 Å². The lowest BCUT2D eigenvalue weighted by Crippen LogP contribution is -1.96. The summed E-state index contributed by atoms with van der Waals surface area (Å²) in [6.07, 6.45) is 3.67. The lowest BCUT2D eigenvalue weighted by molar-refractivity contribution is 0.922. The number of hydrogen-bond donors (Lipinski definition) is 0. The van der Waals surface area contributed by atoms with Gasteiger partial charge in [-0.2, -0.15) is 10.5 Å². The topological polar surface area (TPSA) is 73.4 Å². The second-order valence-electron chi connectivity index (χ2n) is 4.12. The zero-order valence-corrected chi connectivity index (χ0v) is 10.6. The summed E-state index contributed by atoms with van der Waals surface area (Å²) in [5.74, 6) is 0. The fourth-order valence-corrected chi connectivity index (χ4v) is 1.82. The molecule has 4 nitrogen and oxygen atoms in total. The van der Waals surface area contributed by atoms with Crippen molar-refractivity contribution in [2.24, 2.45) is 0 Å². The highest BCUT2D eigenvalue weighted by atomic mass is 14.8. The zero-order chi connectivity index (χ0) is 13.7. The van der Waals surface area contributed by atoms with E-state index in [0.29, 0.717) is 5.69 Å². The summed E-state index contributed by atoms with van der Waals surface area (Å²) < 4.78 is 0. The molecule has 1 heterocycles. The van der Waals surface area contributed by atoms with Crippen molar-refractivity contribution >= 4 is 0 Å². The summed E-state index contributed by atoms with van der Waals surface area (Å²) in [7, 11) is 0. The minimum absolute atomic E-state index is 0.0638. The molecule has 0 saturated heterocycles. The van der Waals surface area contributed by atoms with Crippen LogP contribution in [0.25, 0.3) is 11.3 Å². The highest BCUT2D eigenvalue weighted by Gasteiger charge is 2.07. The quantitative estimate of drug-likeness (QED) is 0.837. The van der Waals surface area contributed by atoms with E-state index < -0.39 is 0 Å². The van der Waals surface area contributed by atoms with Gasteiger partial charge < -0.3 is 0 Å². The normalized spacial score (nSPS) is 9.63. The molecule has 0 aliphatic rings. The molecule has 0 atom stereocenters. The third kappa shape index (κ3) is 2.75. The number of aromatic nitrogens is 2. The van der Waals surface area contributed by atoms with Crippen LogP contribution in [0.1, 0.15) is 30.3 Å². The monoisotopic (exact) mass is 248 g/mol. The summed E-state index contributed by atoms with van der Waals surface area (Å²) in [6, 6.07) is 11.8. The molecule has 1 aromatic carbocycles. The number of hydrogen-bond acceptors (Lipinski definition) is 4. The molecule has 0 aliphatic carbocycles. The highest BCUT2D eigenvalue weighted by molar-refractivity contribution is 5.59. The molecule has 0 aliphatic heterocycles. The van der Waals surface area contributed by atoms with Crippen molar-refractivity contribution in [2.45, 2.75) is 19.8 Å². The Morgan fingerprint density at radius 1 is 1.05 bits per heavy atom. The molecule has 0 fully saturated rings. The highest BCUT2D eigenvalue weighted by Crippen LogP contribution is 2.18. The van der Waals surface area contributed by atoms with Crippen molar-refractivity contribution in [1.29, 1.82) is 10.5 Å². The lowest BCUT2D eigenvalue weighted by atomic mass is 10.1. The largest absolute Gasteiger partial charge is 0.240 e. The van der Waals surface area contributed by atoms with Crippen molar-refractivity contribution in [2.75, 3.05) is 0 Å². The average Bonchev–Trinajstić information content (AvgIpc) is 2.47. The van der Waals surface area contributed by atoms with E-state index in [-0.39, 0.29) is 11.4 Å². The van der Waals surface area contributed by atoms with Crippen LogP contribution >= 0.6 is 0 Å².